The number of nitrogens with one attached hydrogen (secondary N) is 1. The quantitative estimate of drug-likeness (QED) is 0.671. The number of carbonyl (C=O) groups is 1. The van der Waals surface area contributed by atoms with Crippen molar-refractivity contribution in [1.29, 1.82) is 0 Å². The lowest BCUT2D eigenvalue weighted by Gasteiger charge is -2.19. The number of hydrogen-bond acceptors (Lipinski definition) is 4. The Kier molecular flexibility index (Phi) is 4.48. The standard InChI is InChI=1S/C11H16FN3O3S/c1-6(2)10(11(14)16)15-19(17,18)9-4-3-7(12)5-8(9)13/h3-6,10,15H,13H2,1-2H3,(H2,14,16). The fraction of sp³-hybridized carbons (Fsp3) is 0.364. The Labute approximate surface area is 111 Å². The van der Waals surface area contributed by atoms with Gasteiger partial charge < -0.3 is 11.5 Å². The van der Waals surface area contributed by atoms with Crippen molar-refractivity contribution in [2.24, 2.45) is 11.7 Å². The van der Waals surface area contributed by atoms with Crippen molar-refractivity contribution in [3.8, 4) is 0 Å². The van der Waals surface area contributed by atoms with E-state index in [0.29, 0.717) is 0 Å². The number of anilines is 1. The maximum absolute atomic E-state index is 12.9. The minimum Gasteiger partial charge on any atom is -0.398 e. The molecule has 1 aromatic carbocycles. The predicted molar refractivity (Wildman–Crippen MR) is 69.0 cm³/mol. The van der Waals surface area contributed by atoms with E-state index in [4.69, 9.17) is 11.5 Å². The van der Waals surface area contributed by atoms with Gasteiger partial charge in [-0.2, -0.15) is 4.72 Å². The number of hydrogen-bond donors (Lipinski definition) is 3. The lowest BCUT2D eigenvalue weighted by molar-refractivity contribution is -0.120. The fourth-order valence-electron chi connectivity index (χ4n) is 1.52. The van der Waals surface area contributed by atoms with E-state index in [0.717, 1.165) is 18.2 Å². The van der Waals surface area contributed by atoms with Crippen LogP contribution in [0.5, 0.6) is 0 Å². The Morgan fingerprint density at radius 3 is 2.37 bits per heavy atom. The molecule has 0 fully saturated rings. The van der Waals surface area contributed by atoms with Gasteiger partial charge in [0.2, 0.25) is 15.9 Å². The predicted octanol–water partition coefficient (Wildman–Crippen LogP) is 0.196. The normalized spacial score (nSPS) is 13.5. The minimum atomic E-state index is -4.04. The van der Waals surface area contributed by atoms with Gasteiger partial charge in [-0.3, -0.25) is 4.79 Å². The van der Waals surface area contributed by atoms with Crippen LogP contribution in [0.4, 0.5) is 10.1 Å². The molecule has 0 saturated carbocycles. The van der Waals surface area contributed by atoms with Crippen LogP contribution in [0, 0.1) is 11.7 Å². The van der Waals surface area contributed by atoms with Crippen LogP contribution in [0.2, 0.25) is 0 Å². The van der Waals surface area contributed by atoms with Crippen molar-refractivity contribution in [3.05, 3.63) is 24.0 Å². The summed E-state index contributed by atoms with van der Waals surface area (Å²) in [7, 11) is -4.04. The number of nitrogens with two attached hydrogens (primary N) is 2. The van der Waals surface area contributed by atoms with Crippen molar-refractivity contribution in [2.45, 2.75) is 24.8 Å². The summed E-state index contributed by atoms with van der Waals surface area (Å²) < 4.78 is 39.2. The summed E-state index contributed by atoms with van der Waals surface area (Å²) in [5.41, 5.74) is 10.4. The van der Waals surface area contributed by atoms with Crippen molar-refractivity contribution in [1.82, 2.24) is 4.72 Å². The third-order valence-electron chi connectivity index (χ3n) is 2.52. The number of amides is 1. The molecule has 1 unspecified atom stereocenters. The largest absolute Gasteiger partial charge is 0.398 e. The molecule has 0 heterocycles. The molecule has 5 N–H and O–H groups in total. The number of primary amides is 1. The first-order chi connectivity index (χ1) is 8.65. The Morgan fingerprint density at radius 2 is 1.95 bits per heavy atom. The highest BCUT2D eigenvalue weighted by molar-refractivity contribution is 7.89. The average molecular weight is 289 g/mol. The van der Waals surface area contributed by atoms with Crippen LogP contribution in [0.25, 0.3) is 0 Å². The van der Waals surface area contributed by atoms with Gasteiger partial charge in [0.1, 0.15) is 16.8 Å². The Hall–Kier alpha value is -1.67. The molecule has 0 radical (unpaired) electrons. The van der Waals surface area contributed by atoms with E-state index in [1.54, 1.807) is 13.8 Å². The molecule has 0 aliphatic heterocycles. The van der Waals surface area contributed by atoms with Gasteiger partial charge in [-0.15, -0.1) is 0 Å². The summed E-state index contributed by atoms with van der Waals surface area (Å²) in [6.07, 6.45) is 0. The average Bonchev–Trinajstić information content (AvgIpc) is 2.24. The van der Waals surface area contributed by atoms with Crippen LogP contribution < -0.4 is 16.2 Å². The molecule has 0 bridgehead atoms. The van der Waals surface area contributed by atoms with E-state index in [1.807, 2.05) is 0 Å². The lowest BCUT2D eigenvalue weighted by atomic mass is 10.1. The molecule has 106 valence electrons. The van der Waals surface area contributed by atoms with Crippen LogP contribution >= 0.6 is 0 Å². The molecule has 0 aliphatic carbocycles. The van der Waals surface area contributed by atoms with Crippen LogP contribution in [-0.2, 0) is 14.8 Å². The molecule has 8 heteroatoms. The first-order valence-corrected chi connectivity index (χ1v) is 7.00. The van der Waals surface area contributed by atoms with Crippen molar-refractivity contribution >= 4 is 21.6 Å². The highest BCUT2D eigenvalue weighted by Crippen LogP contribution is 2.20. The summed E-state index contributed by atoms with van der Waals surface area (Å²) in [4.78, 5) is 10.9. The second kappa shape index (κ2) is 5.54. The van der Waals surface area contributed by atoms with Crippen LogP contribution in [0.15, 0.2) is 23.1 Å². The van der Waals surface area contributed by atoms with E-state index in [2.05, 4.69) is 4.72 Å². The molecule has 1 rings (SSSR count). The van der Waals surface area contributed by atoms with E-state index >= 15 is 0 Å². The molecule has 1 aromatic rings. The highest BCUT2D eigenvalue weighted by atomic mass is 32.2. The zero-order valence-corrected chi connectivity index (χ0v) is 11.4. The zero-order chi connectivity index (χ0) is 14.8. The molecule has 6 nitrogen and oxygen atoms in total. The molecular weight excluding hydrogens is 273 g/mol. The summed E-state index contributed by atoms with van der Waals surface area (Å²) in [5, 5.41) is 0. The zero-order valence-electron chi connectivity index (χ0n) is 10.6. The van der Waals surface area contributed by atoms with Crippen LogP contribution in [0.3, 0.4) is 0 Å². The Balaban J connectivity index is 3.14. The van der Waals surface area contributed by atoms with Gasteiger partial charge >= 0.3 is 0 Å². The van der Waals surface area contributed by atoms with Crippen LogP contribution in [0.1, 0.15) is 13.8 Å². The van der Waals surface area contributed by atoms with Gasteiger partial charge in [-0.1, -0.05) is 13.8 Å². The van der Waals surface area contributed by atoms with Gasteiger partial charge in [-0.05, 0) is 24.1 Å². The number of nitrogen functional groups attached to an aromatic ring is 1. The van der Waals surface area contributed by atoms with Gasteiger partial charge in [0, 0.05) is 0 Å². The SMILES string of the molecule is CC(C)C(NS(=O)(=O)c1ccc(F)cc1N)C(N)=O. The van der Waals surface area contributed by atoms with Gasteiger partial charge in [0.25, 0.3) is 0 Å². The number of carbonyl (C=O) groups excluding carboxylic acids is 1. The van der Waals surface area contributed by atoms with Gasteiger partial charge in [0.15, 0.2) is 0 Å². The minimum absolute atomic E-state index is 0.237. The second-order valence-corrected chi connectivity index (χ2v) is 6.11. The molecule has 1 atom stereocenters. The maximum atomic E-state index is 12.9. The molecule has 0 spiro atoms. The number of benzene rings is 1. The third kappa shape index (κ3) is 3.65. The van der Waals surface area contributed by atoms with E-state index < -0.39 is 27.8 Å². The van der Waals surface area contributed by atoms with Crippen molar-refractivity contribution in [2.75, 3.05) is 5.73 Å². The Bertz CT molecular complexity index is 587. The highest BCUT2D eigenvalue weighted by Gasteiger charge is 2.27. The first-order valence-electron chi connectivity index (χ1n) is 5.52. The monoisotopic (exact) mass is 289 g/mol. The number of rotatable bonds is 5. The number of sulfonamides is 1. The lowest BCUT2D eigenvalue weighted by Crippen LogP contribution is -2.47. The maximum Gasteiger partial charge on any atom is 0.243 e. The van der Waals surface area contributed by atoms with Crippen LogP contribution in [-0.4, -0.2) is 20.4 Å². The molecule has 1 amide bonds. The fourth-order valence-corrected chi connectivity index (χ4v) is 2.98. The van der Waals surface area contributed by atoms with Crippen molar-refractivity contribution < 1.29 is 17.6 Å². The third-order valence-corrected chi connectivity index (χ3v) is 4.03. The summed E-state index contributed by atoms with van der Waals surface area (Å²) in [5.74, 6) is -1.76. The number of halogens is 1. The van der Waals surface area contributed by atoms with E-state index in [-0.39, 0.29) is 16.5 Å². The Morgan fingerprint density at radius 1 is 1.37 bits per heavy atom. The summed E-state index contributed by atoms with van der Waals surface area (Å²) in [6, 6.07) is 1.84. The molecule has 0 aromatic heterocycles. The van der Waals surface area contributed by atoms with E-state index in [1.165, 1.54) is 0 Å². The molecule has 19 heavy (non-hydrogen) atoms. The van der Waals surface area contributed by atoms with Crippen molar-refractivity contribution in [3.63, 3.8) is 0 Å². The molecular formula is C11H16FN3O3S. The topological polar surface area (TPSA) is 115 Å². The second-order valence-electron chi connectivity index (χ2n) is 4.43. The first kappa shape index (κ1) is 15.4. The molecule has 0 saturated heterocycles. The smallest absolute Gasteiger partial charge is 0.243 e. The van der Waals surface area contributed by atoms with Gasteiger partial charge in [0.05, 0.1) is 5.69 Å². The summed E-state index contributed by atoms with van der Waals surface area (Å²) >= 11 is 0. The van der Waals surface area contributed by atoms with Gasteiger partial charge in [-0.25, -0.2) is 12.8 Å². The summed E-state index contributed by atoms with van der Waals surface area (Å²) in [6.45, 7) is 3.29. The molecule has 0 aliphatic rings. The van der Waals surface area contributed by atoms with E-state index in [9.17, 15) is 17.6 Å².